The number of imide groups is 1. The average Bonchev–Trinajstić information content (AvgIpc) is 2.37. The first-order valence-electron chi connectivity index (χ1n) is 6.63. The lowest BCUT2D eigenvalue weighted by Crippen LogP contribution is -2.39. The van der Waals surface area contributed by atoms with Crippen molar-refractivity contribution in [3.8, 4) is 0 Å². The molecule has 3 heteroatoms. The standard InChI is InChI=1S/C15H19NO2/c1-2-3-4-11-5-7-12(8-6-11)13-9-10-14(17)16-15(13)18/h5-8,13H,2-4,9-10H2,1H3,(H,16,17,18). The van der Waals surface area contributed by atoms with Crippen molar-refractivity contribution >= 4 is 11.8 Å². The molecule has 0 bridgehead atoms. The zero-order valence-electron chi connectivity index (χ0n) is 10.7. The van der Waals surface area contributed by atoms with Crippen LogP contribution in [0.15, 0.2) is 24.3 Å². The van der Waals surface area contributed by atoms with Crippen molar-refractivity contribution in [1.82, 2.24) is 5.32 Å². The Morgan fingerprint density at radius 1 is 1.22 bits per heavy atom. The molecule has 0 aliphatic carbocycles. The number of aryl methyl sites for hydroxylation is 1. The third-order valence-corrected chi connectivity index (χ3v) is 3.44. The van der Waals surface area contributed by atoms with Gasteiger partial charge >= 0.3 is 0 Å². The maximum absolute atomic E-state index is 11.7. The molecule has 0 saturated carbocycles. The molecule has 3 nitrogen and oxygen atoms in total. The molecular formula is C15H19NO2. The highest BCUT2D eigenvalue weighted by Crippen LogP contribution is 2.25. The van der Waals surface area contributed by atoms with Gasteiger partial charge < -0.3 is 0 Å². The van der Waals surface area contributed by atoms with Crippen LogP contribution in [0.1, 0.15) is 49.7 Å². The Hall–Kier alpha value is -1.64. The van der Waals surface area contributed by atoms with Crippen LogP contribution < -0.4 is 5.32 Å². The van der Waals surface area contributed by atoms with E-state index >= 15 is 0 Å². The number of unbranched alkanes of at least 4 members (excludes halogenated alkanes) is 1. The molecule has 0 spiro atoms. The largest absolute Gasteiger partial charge is 0.296 e. The van der Waals surface area contributed by atoms with E-state index in [9.17, 15) is 9.59 Å². The third-order valence-electron chi connectivity index (χ3n) is 3.44. The lowest BCUT2D eigenvalue weighted by Gasteiger charge is -2.21. The van der Waals surface area contributed by atoms with Gasteiger partial charge in [0.15, 0.2) is 0 Å². The monoisotopic (exact) mass is 245 g/mol. The zero-order chi connectivity index (χ0) is 13.0. The second-order valence-electron chi connectivity index (χ2n) is 4.85. The number of piperidine rings is 1. The second-order valence-corrected chi connectivity index (χ2v) is 4.85. The summed E-state index contributed by atoms with van der Waals surface area (Å²) in [5.74, 6) is -0.480. The van der Waals surface area contributed by atoms with Gasteiger partial charge in [-0.2, -0.15) is 0 Å². The molecule has 1 aliphatic rings. The molecule has 1 fully saturated rings. The summed E-state index contributed by atoms with van der Waals surface area (Å²) in [4.78, 5) is 22.8. The van der Waals surface area contributed by atoms with Crippen LogP contribution in [0, 0.1) is 0 Å². The van der Waals surface area contributed by atoms with Crippen LogP contribution in [-0.4, -0.2) is 11.8 Å². The van der Waals surface area contributed by atoms with Crippen LogP contribution in [-0.2, 0) is 16.0 Å². The molecule has 1 aromatic rings. The predicted molar refractivity (Wildman–Crippen MR) is 70.2 cm³/mol. The van der Waals surface area contributed by atoms with Crippen LogP contribution in [0.25, 0.3) is 0 Å². The van der Waals surface area contributed by atoms with Gasteiger partial charge in [-0.15, -0.1) is 0 Å². The molecule has 1 heterocycles. The Labute approximate surface area is 108 Å². The summed E-state index contributed by atoms with van der Waals surface area (Å²) >= 11 is 0. The van der Waals surface area contributed by atoms with E-state index in [1.54, 1.807) is 0 Å². The molecule has 0 radical (unpaired) electrons. The van der Waals surface area contributed by atoms with Gasteiger partial charge in [0.2, 0.25) is 11.8 Å². The minimum absolute atomic E-state index is 0.157. The number of benzene rings is 1. The van der Waals surface area contributed by atoms with Crippen LogP contribution in [0.3, 0.4) is 0 Å². The minimum Gasteiger partial charge on any atom is -0.296 e. The van der Waals surface area contributed by atoms with E-state index in [1.807, 2.05) is 12.1 Å². The Balaban J connectivity index is 2.05. The van der Waals surface area contributed by atoms with Crippen LogP contribution in [0.5, 0.6) is 0 Å². The first kappa shape index (κ1) is 12.8. The van der Waals surface area contributed by atoms with Crippen molar-refractivity contribution in [2.24, 2.45) is 0 Å². The summed E-state index contributed by atoms with van der Waals surface area (Å²) in [5.41, 5.74) is 2.33. The number of hydrogen-bond donors (Lipinski definition) is 1. The van der Waals surface area contributed by atoms with E-state index in [0.717, 1.165) is 12.0 Å². The molecule has 1 aromatic carbocycles. The number of nitrogens with one attached hydrogen (secondary N) is 1. The lowest BCUT2D eigenvalue weighted by molar-refractivity contribution is -0.134. The lowest BCUT2D eigenvalue weighted by atomic mass is 9.90. The molecule has 0 aromatic heterocycles. The van der Waals surface area contributed by atoms with E-state index in [0.29, 0.717) is 12.8 Å². The Bertz CT molecular complexity index is 436. The number of amides is 2. The molecule has 1 N–H and O–H groups in total. The molecular weight excluding hydrogens is 226 g/mol. The van der Waals surface area contributed by atoms with E-state index in [2.05, 4.69) is 24.4 Å². The van der Waals surface area contributed by atoms with Crippen molar-refractivity contribution in [1.29, 1.82) is 0 Å². The molecule has 1 unspecified atom stereocenters. The van der Waals surface area contributed by atoms with E-state index in [1.165, 1.54) is 18.4 Å². The molecule has 2 amide bonds. The molecule has 18 heavy (non-hydrogen) atoms. The second kappa shape index (κ2) is 5.80. The molecule has 96 valence electrons. The topological polar surface area (TPSA) is 46.2 Å². The average molecular weight is 245 g/mol. The van der Waals surface area contributed by atoms with Gasteiger partial charge in [0, 0.05) is 6.42 Å². The highest BCUT2D eigenvalue weighted by atomic mass is 16.2. The molecule has 2 rings (SSSR count). The molecule has 1 saturated heterocycles. The Morgan fingerprint density at radius 2 is 1.94 bits per heavy atom. The third kappa shape index (κ3) is 2.97. The summed E-state index contributed by atoms with van der Waals surface area (Å²) < 4.78 is 0. The van der Waals surface area contributed by atoms with Gasteiger partial charge in [-0.25, -0.2) is 0 Å². The summed E-state index contributed by atoms with van der Waals surface area (Å²) in [6.07, 6.45) is 4.53. The van der Waals surface area contributed by atoms with Crippen LogP contribution in [0.4, 0.5) is 0 Å². The number of rotatable bonds is 4. The van der Waals surface area contributed by atoms with E-state index in [-0.39, 0.29) is 17.7 Å². The van der Waals surface area contributed by atoms with Gasteiger partial charge in [-0.1, -0.05) is 37.6 Å². The van der Waals surface area contributed by atoms with Crippen molar-refractivity contribution in [3.63, 3.8) is 0 Å². The summed E-state index contributed by atoms with van der Waals surface area (Å²) in [5, 5.41) is 2.40. The van der Waals surface area contributed by atoms with E-state index < -0.39 is 0 Å². The first-order valence-corrected chi connectivity index (χ1v) is 6.63. The van der Waals surface area contributed by atoms with Crippen LogP contribution in [0.2, 0.25) is 0 Å². The summed E-state index contributed by atoms with van der Waals surface area (Å²) in [6.45, 7) is 2.18. The highest BCUT2D eigenvalue weighted by Gasteiger charge is 2.27. The van der Waals surface area contributed by atoms with Gasteiger partial charge in [0.1, 0.15) is 0 Å². The SMILES string of the molecule is CCCCc1ccc(C2CCC(=O)NC2=O)cc1. The number of carbonyl (C=O) groups excluding carboxylic acids is 2. The van der Waals surface area contributed by atoms with Crippen molar-refractivity contribution in [2.45, 2.75) is 44.9 Å². The maximum atomic E-state index is 11.7. The Kier molecular flexibility index (Phi) is 4.13. The fourth-order valence-corrected chi connectivity index (χ4v) is 2.31. The Morgan fingerprint density at radius 3 is 2.56 bits per heavy atom. The molecule has 1 atom stereocenters. The normalized spacial score (nSPS) is 19.7. The summed E-state index contributed by atoms with van der Waals surface area (Å²) in [6, 6.07) is 8.22. The zero-order valence-corrected chi connectivity index (χ0v) is 10.7. The molecule has 1 aliphatic heterocycles. The fraction of sp³-hybridized carbons (Fsp3) is 0.467. The number of hydrogen-bond acceptors (Lipinski definition) is 2. The van der Waals surface area contributed by atoms with Crippen molar-refractivity contribution < 1.29 is 9.59 Å². The predicted octanol–water partition coefficient (Wildman–Crippen LogP) is 2.55. The van der Waals surface area contributed by atoms with Crippen molar-refractivity contribution in [3.05, 3.63) is 35.4 Å². The van der Waals surface area contributed by atoms with Gasteiger partial charge in [-0.05, 0) is 30.4 Å². The highest BCUT2D eigenvalue weighted by molar-refractivity contribution is 6.00. The van der Waals surface area contributed by atoms with Gasteiger partial charge in [0.05, 0.1) is 5.92 Å². The minimum atomic E-state index is -0.164. The number of carbonyl (C=O) groups is 2. The van der Waals surface area contributed by atoms with Crippen molar-refractivity contribution in [2.75, 3.05) is 0 Å². The summed E-state index contributed by atoms with van der Waals surface area (Å²) in [7, 11) is 0. The van der Waals surface area contributed by atoms with Crippen LogP contribution >= 0.6 is 0 Å². The van der Waals surface area contributed by atoms with Gasteiger partial charge in [-0.3, -0.25) is 14.9 Å². The smallest absolute Gasteiger partial charge is 0.234 e. The van der Waals surface area contributed by atoms with E-state index in [4.69, 9.17) is 0 Å². The fourth-order valence-electron chi connectivity index (χ4n) is 2.31. The maximum Gasteiger partial charge on any atom is 0.234 e. The first-order chi connectivity index (χ1) is 8.70. The quantitative estimate of drug-likeness (QED) is 0.829. The van der Waals surface area contributed by atoms with Gasteiger partial charge in [0.25, 0.3) is 0 Å².